The summed E-state index contributed by atoms with van der Waals surface area (Å²) in [7, 11) is 0. The number of aliphatic hydroxyl groups is 1. The molecule has 1 atom stereocenters. The molecule has 2 aromatic rings. The highest BCUT2D eigenvalue weighted by molar-refractivity contribution is 7.12. The molecule has 2 rings (SSSR count). The minimum atomic E-state index is -0.565. The zero-order valence-corrected chi connectivity index (χ0v) is 14.0. The lowest BCUT2D eigenvalue weighted by Crippen LogP contribution is -2.29. The van der Waals surface area contributed by atoms with Crippen molar-refractivity contribution in [2.75, 3.05) is 0 Å². The van der Waals surface area contributed by atoms with Gasteiger partial charge in [-0.15, -0.1) is 11.3 Å². The first kappa shape index (κ1) is 16.2. The maximum atomic E-state index is 12.0. The summed E-state index contributed by atoms with van der Waals surface area (Å²) < 4.78 is 0. The van der Waals surface area contributed by atoms with Crippen molar-refractivity contribution in [3.8, 4) is 0 Å². The van der Waals surface area contributed by atoms with Crippen molar-refractivity contribution < 1.29 is 9.90 Å². The molecule has 0 saturated heterocycles. The number of hydrogen-bond acceptors (Lipinski definition) is 4. The number of carbonyl (C=O) groups is 1. The molecule has 1 unspecified atom stereocenters. The van der Waals surface area contributed by atoms with Crippen LogP contribution in [0.25, 0.3) is 0 Å². The summed E-state index contributed by atoms with van der Waals surface area (Å²) in [4.78, 5) is 13.9. The van der Waals surface area contributed by atoms with E-state index in [0.717, 1.165) is 28.2 Å². The Bertz CT molecular complexity index is 559. The number of amides is 1. The van der Waals surface area contributed by atoms with Crippen LogP contribution >= 0.6 is 22.7 Å². The molecule has 0 aliphatic heterocycles. The van der Waals surface area contributed by atoms with Gasteiger partial charge in [0.25, 0.3) is 0 Å². The summed E-state index contributed by atoms with van der Waals surface area (Å²) in [5.41, 5.74) is 0.925. The fraction of sp³-hybridized carbons (Fsp3) is 0.438. The third-order valence-corrected chi connectivity index (χ3v) is 5.44. The van der Waals surface area contributed by atoms with Crippen LogP contribution in [0.4, 0.5) is 0 Å². The minimum Gasteiger partial charge on any atom is -0.383 e. The summed E-state index contributed by atoms with van der Waals surface area (Å²) in [6, 6.07) is 5.85. The Morgan fingerprint density at radius 2 is 2.05 bits per heavy atom. The lowest BCUT2D eigenvalue weighted by atomic mass is 10.0. The summed E-state index contributed by atoms with van der Waals surface area (Å²) in [6.45, 7) is 4.61. The van der Waals surface area contributed by atoms with Crippen molar-refractivity contribution in [3.63, 3.8) is 0 Å². The van der Waals surface area contributed by atoms with Gasteiger partial charge in [-0.05, 0) is 47.4 Å². The minimum absolute atomic E-state index is 0.0980. The molecule has 21 heavy (non-hydrogen) atoms. The van der Waals surface area contributed by atoms with Crippen LogP contribution in [0.15, 0.2) is 29.0 Å². The average molecular weight is 323 g/mol. The Kier molecular flexibility index (Phi) is 5.96. The molecule has 0 aliphatic rings. The number of aliphatic hydroxyl groups excluding tert-OH is 1. The van der Waals surface area contributed by atoms with E-state index in [4.69, 9.17) is 0 Å². The van der Waals surface area contributed by atoms with Crippen LogP contribution in [0.2, 0.25) is 0 Å². The van der Waals surface area contributed by atoms with Gasteiger partial charge in [-0.25, -0.2) is 0 Å². The quantitative estimate of drug-likeness (QED) is 0.811. The Labute approximate surface area is 133 Å². The highest BCUT2D eigenvalue weighted by atomic mass is 32.1. The van der Waals surface area contributed by atoms with Gasteiger partial charge in [-0.1, -0.05) is 13.8 Å². The van der Waals surface area contributed by atoms with E-state index in [9.17, 15) is 9.90 Å². The molecule has 5 heteroatoms. The van der Waals surface area contributed by atoms with Gasteiger partial charge in [0.1, 0.15) is 6.10 Å². The van der Waals surface area contributed by atoms with Gasteiger partial charge in [-0.3, -0.25) is 4.79 Å². The Morgan fingerprint density at radius 3 is 2.67 bits per heavy atom. The maximum Gasteiger partial charge on any atom is 0.223 e. The van der Waals surface area contributed by atoms with E-state index in [-0.39, 0.29) is 11.8 Å². The second-order valence-corrected chi connectivity index (χ2v) is 6.97. The Balaban J connectivity index is 1.93. The molecular formula is C16H21NO2S2. The maximum absolute atomic E-state index is 12.0. The highest BCUT2D eigenvalue weighted by Gasteiger charge is 2.16. The predicted octanol–water partition coefficient (Wildman–Crippen LogP) is 3.94. The van der Waals surface area contributed by atoms with Crippen molar-refractivity contribution in [3.05, 3.63) is 44.3 Å². The molecule has 2 aromatic heterocycles. The zero-order valence-electron chi connectivity index (χ0n) is 12.3. The number of nitrogens with one attached hydrogen (secondary N) is 1. The first-order valence-corrected chi connectivity index (χ1v) is 8.98. The fourth-order valence-electron chi connectivity index (χ4n) is 2.21. The van der Waals surface area contributed by atoms with Crippen molar-refractivity contribution in [2.24, 2.45) is 5.92 Å². The first-order chi connectivity index (χ1) is 10.2. The van der Waals surface area contributed by atoms with E-state index in [1.807, 2.05) is 42.8 Å². The van der Waals surface area contributed by atoms with Gasteiger partial charge >= 0.3 is 0 Å². The Morgan fingerprint density at radius 1 is 1.29 bits per heavy atom. The van der Waals surface area contributed by atoms with E-state index in [1.165, 1.54) is 0 Å². The second-order valence-electron chi connectivity index (χ2n) is 4.99. The highest BCUT2D eigenvalue weighted by Crippen LogP contribution is 2.29. The van der Waals surface area contributed by atoms with Crippen LogP contribution in [-0.4, -0.2) is 11.0 Å². The van der Waals surface area contributed by atoms with Crippen molar-refractivity contribution in [2.45, 2.75) is 39.3 Å². The number of hydrogen-bond donors (Lipinski definition) is 2. The molecule has 2 heterocycles. The first-order valence-electron chi connectivity index (χ1n) is 7.22. The smallest absolute Gasteiger partial charge is 0.223 e. The van der Waals surface area contributed by atoms with Crippen LogP contribution in [0, 0.1) is 5.92 Å². The molecular weight excluding hydrogens is 302 g/mol. The van der Waals surface area contributed by atoms with Crippen LogP contribution < -0.4 is 5.32 Å². The zero-order chi connectivity index (χ0) is 15.2. The van der Waals surface area contributed by atoms with Gasteiger partial charge in [-0.2, -0.15) is 11.3 Å². The lowest BCUT2D eigenvalue weighted by Gasteiger charge is -2.11. The normalized spacial score (nSPS) is 12.6. The van der Waals surface area contributed by atoms with Gasteiger partial charge in [0.05, 0.1) is 6.54 Å². The standard InChI is InChI=1S/C16H21NO2S2/c1-3-11(4-2)16(19)17-9-13-5-6-14(21-13)15(18)12-7-8-20-10-12/h5-8,10-11,15,18H,3-4,9H2,1-2H3,(H,17,19). The monoisotopic (exact) mass is 323 g/mol. The predicted molar refractivity (Wildman–Crippen MR) is 88.6 cm³/mol. The third kappa shape index (κ3) is 4.15. The van der Waals surface area contributed by atoms with Gasteiger partial charge < -0.3 is 10.4 Å². The molecule has 0 aliphatic carbocycles. The average Bonchev–Trinajstić information content (AvgIpc) is 3.17. The molecule has 0 bridgehead atoms. The van der Waals surface area contributed by atoms with Crippen LogP contribution in [0.3, 0.4) is 0 Å². The SMILES string of the molecule is CCC(CC)C(=O)NCc1ccc(C(O)c2ccsc2)s1. The van der Waals surface area contributed by atoms with E-state index in [0.29, 0.717) is 6.54 Å². The largest absolute Gasteiger partial charge is 0.383 e. The van der Waals surface area contributed by atoms with Crippen molar-refractivity contribution in [1.82, 2.24) is 5.32 Å². The van der Waals surface area contributed by atoms with E-state index >= 15 is 0 Å². The van der Waals surface area contributed by atoms with Crippen molar-refractivity contribution >= 4 is 28.6 Å². The molecule has 0 fully saturated rings. The number of carbonyl (C=O) groups excluding carboxylic acids is 1. The topological polar surface area (TPSA) is 49.3 Å². The molecule has 0 radical (unpaired) electrons. The summed E-state index contributed by atoms with van der Waals surface area (Å²) >= 11 is 3.13. The fourth-order valence-corrected chi connectivity index (χ4v) is 3.86. The molecule has 0 aromatic carbocycles. The molecule has 1 amide bonds. The summed E-state index contributed by atoms with van der Waals surface area (Å²) in [5.74, 6) is 0.217. The lowest BCUT2D eigenvalue weighted by molar-refractivity contribution is -0.125. The molecule has 0 saturated carbocycles. The van der Waals surface area contributed by atoms with Crippen LogP contribution in [0.5, 0.6) is 0 Å². The molecule has 114 valence electrons. The van der Waals surface area contributed by atoms with E-state index in [2.05, 4.69) is 5.32 Å². The van der Waals surface area contributed by atoms with Gasteiger partial charge in [0.2, 0.25) is 5.91 Å². The van der Waals surface area contributed by atoms with Crippen LogP contribution in [0.1, 0.15) is 48.1 Å². The van der Waals surface area contributed by atoms with Gasteiger partial charge in [0.15, 0.2) is 0 Å². The number of thiophene rings is 2. The van der Waals surface area contributed by atoms with E-state index in [1.54, 1.807) is 22.7 Å². The van der Waals surface area contributed by atoms with E-state index < -0.39 is 6.10 Å². The Hall–Kier alpha value is -1.17. The second kappa shape index (κ2) is 7.73. The van der Waals surface area contributed by atoms with Crippen LogP contribution in [-0.2, 0) is 11.3 Å². The summed E-state index contributed by atoms with van der Waals surface area (Å²) in [5, 5.41) is 17.2. The number of rotatable bonds is 7. The molecule has 3 nitrogen and oxygen atoms in total. The van der Waals surface area contributed by atoms with Crippen molar-refractivity contribution in [1.29, 1.82) is 0 Å². The summed E-state index contributed by atoms with van der Waals surface area (Å²) in [6.07, 6.45) is 1.17. The molecule has 2 N–H and O–H groups in total. The molecule has 0 spiro atoms. The third-order valence-electron chi connectivity index (χ3n) is 3.60. The van der Waals surface area contributed by atoms with Gasteiger partial charge in [0, 0.05) is 15.7 Å².